The van der Waals surface area contributed by atoms with Crippen LogP contribution in [0.15, 0.2) is 89.8 Å². The number of nitrogens with zero attached hydrogens (tertiary/aromatic N) is 1. The highest BCUT2D eigenvalue weighted by Crippen LogP contribution is 2.27. The minimum absolute atomic E-state index is 0.185. The Kier molecular flexibility index (Phi) is 5.23. The zero-order valence-corrected chi connectivity index (χ0v) is 17.6. The molecule has 7 heteroatoms. The van der Waals surface area contributed by atoms with Crippen LogP contribution in [0.2, 0.25) is 0 Å². The van der Waals surface area contributed by atoms with E-state index in [0.29, 0.717) is 28.1 Å². The molecule has 3 aromatic heterocycles. The first kappa shape index (κ1) is 19.7. The fourth-order valence-electron chi connectivity index (χ4n) is 3.43. The number of anilines is 2. The number of carbonyl (C=O) groups excluding carboxylic acids is 2. The van der Waals surface area contributed by atoms with Gasteiger partial charge in [-0.15, -0.1) is 0 Å². The summed E-state index contributed by atoms with van der Waals surface area (Å²) >= 11 is 1.61. The summed E-state index contributed by atoms with van der Waals surface area (Å²) in [5.74, 6) is -0.412. The van der Waals surface area contributed by atoms with Gasteiger partial charge in [-0.05, 0) is 60.0 Å². The third kappa shape index (κ3) is 4.01. The SMILES string of the molecule is O=C(Nc1ccc(NC(=O)c2ccnc3[nH]c(-c4ccsc4)cc23)cc1)c1ccccc1. The van der Waals surface area contributed by atoms with Gasteiger partial charge < -0.3 is 15.6 Å². The number of carbonyl (C=O) groups is 2. The minimum Gasteiger partial charge on any atom is -0.339 e. The predicted molar refractivity (Wildman–Crippen MR) is 128 cm³/mol. The Bertz CT molecular complexity index is 1390. The van der Waals surface area contributed by atoms with Gasteiger partial charge in [-0.2, -0.15) is 11.3 Å². The lowest BCUT2D eigenvalue weighted by atomic mass is 10.1. The van der Waals surface area contributed by atoms with Gasteiger partial charge in [0.2, 0.25) is 0 Å². The Labute approximate surface area is 188 Å². The highest BCUT2D eigenvalue weighted by Gasteiger charge is 2.14. The van der Waals surface area contributed by atoms with Gasteiger partial charge in [-0.1, -0.05) is 18.2 Å². The number of nitrogens with one attached hydrogen (secondary N) is 3. The van der Waals surface area contributed by atoms with Crippen molar-refractivity contribution in [3.05, 3.63) is 101 Å². The van der Waals surface area contributed by atoms with Crippen LogP contribution in [-0.4, -0.2) is 21.8 Å². The van der Waals surface area contributed by atoms with E-state index < -0.39 is 0 Å². The molecule has 6 nitrogen and oxygen atoms in total. The van der Waals surface area contributed by atoms with Gasteiger partial charge in [0.25, 0.3) is 11.8 Å². The second kappa shape index (κ2) is 8.49. The molecular weight excluding hydrogens is 420 g/mol. The summed E-state index contributed by atoms with van der Waals surface area (Å²) in [6.45, 7) is 0. The molecule has 32 heavy (non-hydrogen) atoms. The van der Waals surface area contributed by atoms with Crippen molar-refractivity contribution in [3.8, 4) is 11.3 Å². The summed E-state index contributed by atoms with van der Waals surface area (Å²) in [5, 5.41) is 10.6. The zero-order chi connectivity index (χ0) is 21.9. The number of benzene rings is 2. The van der Waals surface area contributed by atoms with Crippen molar-refractivity contribution in [2.24, 2.45) is 0 Å². The first-order valence-electron chi connectivity index (χ1n) is 9.95. The molecule has 0 saturated heterocycles. The summed E-state index contributed by atoms with van der Waals surface area (Å²) in [7, 11) is 0. The van der Waals surface area contributed by atoms with Gasteiger partial charge in [-0.3, -0.25) is 9.59 Å². The van der Waals surface area contributed by atoms with Gasteiger partial charge >= 0.3 is 0 Å². The lowest BCUT2D eigenvalue weighted by molar-refractivity contribution is 0.101. The molecule has 2 aromatic carbocycles. The Morgan fingerprint density at radius 3 is 2.25 bits per heavy atom. The van der Waals surface area contributed by atoms with E-state index in [1.165, 1.54) is 0 Å². The molecule has 5 aromatic rings. The standard InChI is InChI=1S/C25H18N4O2S/c30-24(16-4-2-1-3-5-16)27-18-6-8-19(9-7-18)28-25(31)20-10-12-26-23-21(20)14-22(29-23)17-11-13-32-15-17/h1-15H,(H,26,29)(H,27,30)(H,28,31). The maximum Gasteiger partial charge on any atom is 0.256 e. The van der Waals surface area contributed by atoms with Crippen molar-refractivity contribution >= 4 is 45.6 Å². The first-order valence-corrected chi connectivity index (χ1v) is 10.9. The van der Waals surface area contributed by atoms with Crippen molar-refractivity contribution in [2.45, 2.75) is 0 Å². The van der Waals surface area contributed by atoms with E-state index in [9.17, 15) is 9.59 Å². The Balaban J connectivity index is 1.32. The van der Waals surface area contributed by atoms with Crippen molar-refractivity contribution in [2.75, 3.05) is 10.6 Å². The third-order valence-corrected chi connectivity index (χ3v) is 5.73. The highest BCUT2D eigenvalue weighted by atomic mass is 32.1. The molecule has 0 fully saturated rings. The fraction of sp³-hybridized carbons (Fsp3) is 0. The number of pyridine rings is 1. The Morgan fingerprint density at radius 1 is 0.844 bits per heavy atom. The number of amides is 2. The van der Waals surface area contributed by atoms with E-state index in [0.717, 1.165) is 16.6 Å². The highest BCUT2D eigenvalue weighted by molar-refractivity contribution is 7.08. The third-order valence-electron chi connectivity index (χ3n) is 5.05. The van der Waals surface area contributed by atoms with Crippen LogP contribution in [0.25, 0.3) is 22.3 Å². The Hall–Kier alpha value is -4.23. The predicted octanol–water partition coefficient (Wildman–Crippen LogP) is 5.80. The van der Waals surface area contributed by atoms with Crippen molar-refractivity contribution in [1.82, 2.24) is 9.97 Å². The molecule has 0 aliphatic rings. The molecule has 0 atom stereocenters. The molecule has 0 saturated carbocycles. The molecule has 0 aliphatic heterocycles. The summed E-state index contributed by atoms with van der Waals surface area (Å²) in [6.07, 6.45) is 1.62. The van der Waals surface area contributed by atoms with Crippen LogP contribution in [-0.2, 0) is 0 Å². The van der Waals surface area contributed by atoms with Crippen LogP contribution in [0.3, 0.4) is 0 Å². The van der Waals surface area contributed by atoms with E-state index >= 15 is 0 Å². The minimum atomic E-state index is -0.227. The van der Waals surface area contributed by atoms with Crippen LogP contribution in [0.1, 0.15) is 20.7 Å². The van der Waals surface area contributed by atoms with Crippen molar-refractivity contribution in [1.29, 1.82) is 0 Å². The topological polar surface area (TPSA) is 86.9 Å². The number of hydrogen-bond acceptors (Lipinski definition) is 4. The van der Waals surface area contributed by atoms with Gasteiger partial charge in [0, 0.05) is 45.2 Å². The van der Waals surface area contributed by atoms with E-state index in [-0.39, 0.29) is 11.8 Å². The number of hydrogen-bond donors (Lipinski definition) is 3. The summed E-state index contributed by atoms with van der Waals surface area (Å²) in [5.41, 5.74) is 5.05. The Morgan fingerprint density at radius 2 is 1.56 bits per heavy atom. The lowest BCUT2D eigenvalue weighted by Gasteiger charge is -2.08. The number of thiophene rings is 1. The number of H-pyrrole nitrogens is 1. The van der Waals surface area contributed by atoms with Crippen molar-refractivity contribution < 1.29 is 9.59 Å². The molecule has 5 rings (SSSR count). The zero-order valence-electron chi connectivity index (χ0n) is 16.8. The van der Waals surface area contributed by atoms with E-state index in [1.54, 1.807) is 60.0 Å². The average molecular weight is 439 g/mol. The van der Waals surface area contributed by atoms with Crippen LogP contribution in [0.4, 0.5) is 11.4 Å². The first-order chi connectivity index (χ1) is 15.7. The lowest BCUT2D eigenvalue weighted by Crippen LogP contribution is -2.13. The second-order valence-corrected chi connectivity index (χ2v) is 7.95. The van der Waals surface area contributed by atoms with Crippen LogP contribution >= 0.6 is 11.3 Å². The van der Waals surface area contributed by atoms with Crippen molar-refractivity contribution in [3.63, 3.8) is 0 Å². The smallest absolute Gasteiger partial charge is 0.256 e. The molecule has 3 heterocycles. The number of aromatic nitrogens is 2. The number of rotatable bonds is 5. The number of aromatic amines is 1. The van der Waals surface area contributed by atoms with Gasteiger partial charge in [0.15, 0.2) is 0 Å². The summed E-state index contributed by atoms with van der Waals surface area (Å²) in [4.78, 5) is 32.9. The molecule has 0 radical (unpaired) electrons. The summed E-state index contributed by atoms with van der Waals surface area (Å²) < 4.78 is 0. The van der Waals surface area contributed by atoms with Crippen LogP contribution in [0.5, 0.6) is 0 Å². The van der Waals surface area contributed by atoms with Crippen LogP contribution in [0, 0.1) is 0 Å². The molecule has 0 aliphatic carbocycles. The molecule has 0 unspecified atom stereocenters. The van der Waals surface area contributed by atoms with Crippen LogP contribution < -0.4 is 10.6 Å². The molecule has 156 valence electrons. The normalized spacial score (nSPS) is 10.8. The maximum atomic E-state index is 13.0. The maximum absolute atomic E-state index is 13.0. The second-order valence-electron chi connectivity index (χ2n) is 7.17. The molecule has 3 N–H and O–H groups in total. The largest absolute Gasteiger partial charge is 0.339 e. The fourth-order valence-corrected chi connectivity index (χ4v) is 4.08. The molecule has 0 bridgehead atoms. The quantitative estimate of drug-likeness (QED) is 0.324. The molecular formula is C25H18N4O2S. The van der Waals surface area contributed by atoms with E-state index in [2.05, 4.69) is 20.6 Å². The van der Waals surface area contributed by atoms with Gasteiger partial charge in [0.05, 0.1) is 5.56 Å². The van der Waals surface area contributed by atoms with E-state index in [4.69, 9.17) is 0 Å². The molecule has 0 spiro atoms. The van der Waals surface area contributed by atoms with Gasteiger partial charge in [-0.25, -0.2) is 4.98 Å². The number of fused-ring (bicyclic) bond motifs is 1. The monoisotopic (exact) mass is 438 g/mol. The van der Waals surface area contributed by atoms with Gasteiger partial charge in [0.1, 0.15) is 5.65 Å². The molecule has 2 amide bonds. The van der Waals surface area contributed by atoms with E-state index in [1.807, 2.05) is 41.1 Å². The summed E-state index contributed by atoms with van der Waals surface area (Å²) in [6, 6.07) is 21.7. The average Bonchev–Trinajstić information content (AvgIpc) is 3.50.